The second kappa shape index (κ2) is 12.2. The van der Waals surface area contributed by atoms with Gasteiger partial charge >= 0.3 is 0 Å². The van der Waals surface area contributed by atoms with Crippen LogP contribution in [0, 0.1) is 17.2 Å². The Kier molecular flexibility index (Phi) is 8.32. The summed E-state index contributed by atoms with van der Waals surface area (Å²) in [5, 5.41) is 14.7. The van der Waals surface area contributed by atoms with Gasteiger partial charge in [0.1, 0.15) is 24.1 Å². The number of rotatable bonds is 10. The Morgan fingerprint density at radius 2 is 1.87 bits per heavy atom. The van der Waals surface area contributed by atoms with Gasteiger partial charge in [0.05, 0.1) is 17.0 Å². The molecule has 0 saturated carbocycles. The zero-order valence-electron chi connectivity index (χ0n) is 22.3. The molecule has 3 heterocycles. The van der Waals surface area contributed by atoms with Crippen molar-refractivity contribution in [2.75, 3.05) is 27.2 Å². The summed E-state index contributed by atoms with van der Waals surface area (Å²) in [5.41, 5.74) is 5.30. The van der Waals surface area contributed by atoms with Crippen molar-refractivity contribution in [3.63, 3.8) is 0 Å². The number of pyridine rings is 1. The van der Waals surface area contributed by atoms with Crippen molar-refractivity contribution in [2.24, 2.45) is 5.92 Å². The predicted molar refractivity (Wildman–Crippen MR) is 147 cm³/mol. The number of piperidine rings is 1. The highest BCUT2D eigenvalue weighted by Gasteiger charge is 2.22. The summed E-state index contributed by atoms with van der Waals surface area (Å²) >= 11 is 0. The van der Waals surface area contributed by atoms with E-state index in [1.807, 2.05) is 32.3 Å². The molecule has 0 spiro atoms. The van der Waals surface area contributed by atoms with Gasteiger partial charge in [0.25, 0.3) is 0 Å². The Bertz CT molecular complexity index is 1380. The molecule has 0 aliphatic carbocycles. The number of aromatic nitrogens is 2. The maximum atomic E-state index is 9.12. The highest BCUT2D eigenvalue weighted by Crippen LogP contribution is 2.33. The lowest BCUT2D eigenvalue weighted by Gasteiger charge is -2.31. The number of ether oxygens (including phenoxy) is 1. The zero-order chi connectivity index (χ0) is 26.3. The molecule has 196 valence electrons. The number of nitrogens with zero attached hydrogens (tertiary/aromatic N) is 5. The lowest BCUT2D eigenvalue weighted by atomic mass is 9.91. The Morgan fingerprint density at radius 1 is 1.05 bits per heavy atom. The molecule has 0 bridgehead atoms. The van der Waals surface area contributed by atoms with Crippen molar-refractivity contribution in [1.82, 2.24) is 19.9 Å². The monoisotopic (exact) mass is 509 g/mol. The Morgan fingerprint density at radius 3 is 2.63 bits per heavy atom. The van der Waals surface area contributed by atoms with Gasteiger partial charge in [-0.15, -0.1) is 0 Å². The minimum absolute atomic E-state index is 0.283. The first-order chi connectivity index (χ1) is 18.6. The predicted octanol–water partition coefficient (Wildman–Crippen LogP) is 5.58. The Labute approximate surface area is 224 Å². The summed E-state index contributed by atoms with van der Waals surface area (Å²) in [7, 11) is 4.06. The van der Waals surface area contributed by atoms with E-state index in [1.54, 1.807) is 6.07 Å². The molecule has 0 radical (unpaired) electrons. The van der Waals surface area contributed by atoms with Crippen LogP contribution in [0.4, 0.5) is 0 Å². The maximum absolute atomic E-state index is 9.12. The summed E-state index contributed by atoms with van der Waals surface area (Å²) in [6, 6.07) is 22.3. The molecule has 4 aromatic rings. The summed E-state index contributed by atoms with van der Waals surface area (Å²) in [6.45, 7) is 4.30. The third-order valence-electron chi connectivity index (χ3n) is 7.29. The quantitative estimate of drug-likeness (QED) is 0.276. The molecule has 0 amide bonds. The van der Waals surface area contributed by atoms with Crippen molar-refractivity contribution in [1.29, 1.82) is 5.26 Å². The van der Waals surface area contributed by atoms with Crippen LogP contribution in [0.5, 0.6) is 5.75 Å². The fraction of sp³-hybridized carbons (Fsp3) is 0.387. The van der Waals surface area contributed by atoms with E-state index in [4.69, 9.17) is 14.5 Å². The average molecular weight is 510 g/mol. The largest absolute Gasteiger partial charge is 0.487 e. The minimum atomic E-state index is 0.283. The van der Waals surface area contributed by atoms with E-state index in [-0.39, 0.29) is 6.61 Å². The molecule has 2 aromatic heterocycles. The van der Waals surface area contributed by atoms with E-state index >= 15 is 0 Å². The fourth-order valence-electron chi connectivity index (χ4n) is 5.26. The van der Waals surface area contributed by atoms with Gasteiger partial charge in [0, 0.05) is 18.5 Å². The van der Waals surface area contributed by atoms with E-state index in [0.29, 0.717) is 23.9 Å². The van der Waals surface area contributed by atoms with Gasteiger partial charge in [-0.2, -0.15) is 5.26 Å². The molecule has 0 unspecified atom stereocenters. The molecule has 1 fully saturated rings. The van der Waals surface area contributed by atoms with Crippen LogP contribution in [0.3, 0.4) is 0 Å². The van der Waals surface area contributed by atoms with Gasteiger partial charge in [0.2, 0.25) is 0 Å². The molecular weight excluding hydrogens is 474 g/mol. The molecule has 1 aliphatic heterocycles. The number of fused-ring (bicyclic) bond motifs is 1. The molecule has 7 heteroatoms. The molecular formula is C31H35N5O2. The molecule has 7 nitrogen and oxygen atoms in total. The summed E-state index contributed by atoms with van der Waals surface area (Å²) < 4.78 is 12.1. The van der Waals surface area contributed by atoms with E-state index < -0.39 is 0 Å². The van der Waals surface area contributed by atoms with Crippen LogP contribution < -0.4 is 4.74 Å². The van der Waals surface area contributed by atoms with E-state index in [1.165, 1.54) is 18.4 Å². The van der Waals surface area contributed by atoms with Crippen molar-refractivity contribution in [3.05, 3.63) is 88.9 Å². The topological polar surface area (TPSA) is 78.4 Å². The first kappa shape index (κ1) is 25.9. The molecule has 0 N–H and O–H groups in total. The number of hydrogen-bond donors (Lipinski definition) is 0. The maximum Gasteiger partial charge on any atom is 0.175 e. The first-order valence-electron chi connectivity index (χ1n) is 13.4. The molecule has 1 saturated heterocycles. The van der Waals surface area contributed by atoms with Crippen LogP contribution in [0.25, 0.3) is 11.0 Å². The fourth-order valence-corrected chi connectivity index (χ4v) is 5.26. The smallest absolute Gasteiger partial charge is 0.175 e. The van der Waals surface area contributed by atoms with Gasteiger partial charge < -0.3 is 14.2 Å². The zero-order valence-corrected chi connectivity index (χ0v) is 22.3. The average Bonchev–Trinajstić information content (AvgIpc) is 3.36. The number of nitriles is 1. The Hall–Kier alpha value is -3.73. The van der Waals surface area contributed by atoms with Gasteiger partial charge in [-0.3, -0.25) is 4.90 Å². The molecule has 2 aromatic carbocycles. The minimum Gasteiger partial charge on any atom is -0.487 e. The lowest BCUT2D eigenvalue weighted by molar-refractivity contribution is 0.172. The molecule has 1 aliphatic rings. The number of aryl methyl sites for hydroxylation is 1. The number of likely N-dealkylation sites (tertiary alicyclic amines) is 1. The second-order valence-corrected chi connectivity index (χ2v) is 10.4. The van der Waals surface area contributed by atoms with E-state index in [0.717, 1.165) is 60.5 Å². The highest BCUT2D eigenvalue weighted by atomic mass is 16.5. The van der Waals surface area contributed by atoms with Crippen molar-refractivity contribution in [3.8, 4) is 11.8 Å². The van der Waals surface area contributed by atoms with Crippen molar-refractivity contribution < 1.29 is 9.26 Å². The molecule has 5 rings (SSSR count). The second-order valence-electron chi connectivity index (χ2n) is 10.4. The molecule has 0 atom stereocenters. The SMILES string of the molecule is CN(C)Cc1c(OCc2cccc(C#N)n2)ccc2c(CCC3CCN(Cc4ccccc4)CC3)noc12. The highest BCUT2D eigenvalue weighted by molar-refractivity contribution is 5.84. The van der Waals surface area contributed by atoms with Crippen LogP contribution in [0.2, 0.25) is 0 Å². The van der Waals surface area contributed by atoms with E-state index in [2.05, 4.69) is 62.4 Å². The van der Waals surface area contributed by atoms with E-state index in [9.17, 15) is 0 Å². The van der Waals surface area contributed by atoms with Gasteiger partial charge in [-0.1, -0.05) is 41.6 Å². The standard InChI is InChI=1S/C31H35N5O2/c1-35(2)21-28-30(37-22-26-10-6-9-25(19-32)33-26)14-12-27-29(34-38-31(27)28)13-11-23-15-17-36(18-16-23)20-24-7-4-3-5-8-24/h3-10,12,14,23H,11,13,15-18,20-22H2,1-2H3. The van der Waals surface area contributed by atoms with Crippen LogP contribution >= 0.6 is 0 Å². The lowest BCUT2D eigenvalue weighted by Crippen LogP contribution is -2.33. The third kappa shape index (κ3) is 6.39. The van der Waals surface area contributed by atoms with Gasteiger partial charge in [-0.25, -0.2) is 4.98 Å². The van der Waals surface area contributed by atoms with Crippen LogP contribution in [-0.4, -0.2) is 47.1 Å². The Balaban J connectivity index is 1.22. The molecule has 38 heavy (non-hydrogen) atoms. The van der Waals surface area contributed by atoms with Crippen LogP contribution in [0.15, 0.2) is 65.2 Å². The van der Waals surface area contributed by atoms with Crippen molar-refractivity contribution >= 4 is 11.0 Å². The summed E-state index contributed by atoms with van der Waals surface area (Å²) in [4.78, 5) is 8.99. The number of hydrogen-bond acceptors (Lipinski definition) is 7. The third-order valence-corrected chi connectivity index (χ3v) is 7.29. The van der Waals surface area contributed by atoms with Crippen molar-refractivity contribution in [2.45, 2.75) is 45.4 Å². The van der Waals surface area contributed by atoms with Crippen LogP contribution in [0.1, 0.15) is 47.5 Å². The van der Waals surface area contributed by atoms with Gasteiger partial charge in [0.15, 0.2) is 5.58 Å². The summed E-state index contributed by atoms with van der Waals surface area (Å²) in [6.07, 6.45) is 4.51. The van der Waals surface area contributed by atoms with Crippen LogP contribution in [-0.2, 0) is 26.1 Å². The normalized spacial score (nSPS) is 14.7. The number of benzene rings is 2. The van der Waals surface area contributed by atoms with Gasteiger partial charge in [-0.05, 0) is 88.6 Å². The summed E-state index contributed by atoms with van der Waals surface area (Å²) in [5.74, 6) is 1.47. The first-order valence-corrected chi connectivity index (χ1v) is 13.4.